The Kier molecular flexibility index (Phi) is 5.42. The predicted molar refractivity (Wildman–Crippen MR) is 72.4 cm³/mol. The van der Waals surface area contributed by atoms with E-state index in [1.807, 2.05) is 13.8 Å². The van der Waals surface area contributed by atoms with Crippen molar-refractivity contribution in [3.8, 4) is 0 Å². The molecule has 5 nitrogen and oxygen atoms in total. The van der Waals surface area contributed by atoms with Crippen LogP contribution in [0.5, 0.6) is 0 Å². The van der Waals surface area contributed by atoms with Gasteiger partial charge in [0.1, 0.15) is 5.82 Å². The van der Waals surface area contributed by atoms with E-state index >= 15 is 0 Å². The fourth-order valence-electron chi connectivity index (χ4n) is 1.53. The Labute approximate surface area is 113 Å². The molecule has 0 radical (unpaired) electrons. The third-order valence-electron chi connectivity index (χ3n) is 2.32. The maximum atomic E-state index is 13.3. The molecule has 0 aliphatic rings. The van der Waals surface area contributed by atoms with E-state index in [4.69, 9.17) is 0 Å². The van der Waals surface area contributed by atoms with Crippen LogP contribution in [0.3, 0.4) is 0 Å². The average molecular weight is 289 g/mol. The average Bonchev–Trinajstić information content (AvgIpc) is 2.25. The van der Waals surface area contributed by atoms with Crippen molar-refractivity contribution < 1.29 is 12.8 Å². The smallest absolute Gasteiger partial charge is 0.253 e. The predicted octanol–water partition coefficient (Wildman–Crippen LogP) is 1.08. The maximum absolute atomic E-state index is 13.3. The van der Waals surface area contributed by atoms with Crippen molar-refractivity contribution in [2.75, 3.05) is 14.1 Å². The lowest BCUT2D eigenvalue weighted by Crippen LogP contribution is -2.37. The van der Waals surface area contributed by atoms with Gasteiger partial charge in [-0.05, 0) is 17.7 Å². The summed E-state index contributed by atoms with van der Waals surface area (Å²) in [5, 5.41) is 4.42. The van der Waals surface area contributed by atoms with Crippen molar-refractivity contribution in [2.24, 2.45) is 0 Å². The van der Waals surface area contributed by atoms with Crippen LogP contribution in [0.2, 0.25) is 0 Å². The third kappa shape index (κ3) is 4.87. The van der Waals surface area contributed by atoms with Crippen LogP contribution in [0.1, 0.15) is 19.4 Å². The van der Waals surface area contributed by atoms with Gasteiger partial charge in [0, 0.05) is 26.7 Å². The number of hydrazine groups is 1. The summed E-state index contributed by atoms with van der Waals surface area (Å²) in [7, 11) is -0.648. The molecule has 0 saturated carbocycles. The summed E-state index contributed by atoms with van der Waals surface area (Å²) in [4.78, 5) is 2.25. The van der Waals surface area contributed by atoms with Crippen molar-refractivity contribution in [3.63, 3.8) is 0 Å². The van der Waals surface area contributed by atoms with Crippen LogP contribution in [0.4, 0.5) is 4.39 Å². The van der Waals surface area contributed by atoms with E-state index < -0.39 is 15.8 Å². The molecule has 1 rings (SSSR count). The summed E-state index contributed by atoms with van der Waals surface area (Å²) in [6.07, 6.45) is 0. The van der Waals surface area contributed by atoms with E-state index in [0.29, 0.717) is 12.1 Å². The highest BCUT2D eigenvalue weighted by Crippen LogP contribution is 2.17. The Balaban J connectivity index is 3.13. The van der Waals surface area contributed by atoms with E-state index in [0.717, 1.165) is 6.07 Å². The highest BCUT2D eigenvalue weighted by atomic mass is 32.2. The SMILES string of the molecule is CC(C)NCc1ccc(F)cc1S(=O)(=O)NN(C)C. The number of sulfonamides is 1. The van der Waals surface area contributed by atoms with Gasteiger partial charge in [0.2, 0.25) is 0 Å². The molecule has 0 aliphatic carbocycles. The van der Waals surface area contributed by atoms with Gasteiger partial charge in [-0.3, -0.25) is 0 Å². The van der Waals surface area contributed by atoms with Gasteiger partial charge < -0.3 is 5.32 Å². The number of nitrogens with one attached hydrogen (secondary N) is 2. The first-order chi connectivity index (χ1) is 8.72. The molecule has 0 aromatic heterocycles. The second kappa shape index (κ2) is 6.42. The largest absolute Gasteiger partial charge is 0.310 e. The zero-order valence-corrected chi connectivity index (χ0v) is 12.4. The number of nitrogens with zero attached hydrogens (tertiary/aromatic N) is 1. The van der Waals surface area contributed by atoms with Crippen LogP contribution in [0.25, 0.3) is 0 Å². The summed E-state index contributed by atoms with van der Waals surface area (Å²) in [6.45, 7) is 4.27. The Morgan fingerprint density at radius 3 is 2.47 bits per heavy atom. The Morgan fingerprint density at radius 2 is 1.95 bits per heavy atom. The van der Waals surface area contributed by atoms with Gasteiger partial charge >= 0.3 is 0 Å². The van der Waals surface area contributed by atoms with Crippen molar-refractivity contribution in [1.29, 1.82) is 0 Å². The zero-order valence-electron chi connectivity index (χ0n) is 11.6. The summed E-state index contributed by atoms with van der Waals surface area (Å²) in [5.74, 6) is -0.576. The van der Waals surface area contributed by atoms with Crippen LogP contribution >= 0.6 is 0 Å². The number of benzene rings is 1. The van der Waals surface area contributed by atoms with E-state index in [1.54, 1.807) is 14.1 Å². The molecule has 19 heavy (non-hydrogen) atoms. The van der Waals surface area contributed by atoms with E-state index in [2.05, 4.69) is 10.1 Å². The van der Waals surface area contributed by atoms with Crippen molar-refractivity contribution in [3.05, 3.63) is 29.6 Å². The minimum Gasteiger partial charge on any atom is -0.310 e. The topological polar surface area (TPSA) is 61.4 Å². The number of hydrogen-bond donors (Lipinski definition) is 2. The third-order valence-corrected chi connectivity index (χ3v) is 3.89. The van der Waals surface area contributed by atoms with E-state index in [1.165, 1.54) is 17.1 Å². The van der Waals surface area contributed by atoms with Gasteiger partial charge in [-0.2, -0.15) is 0 Å². The molecular formula is C12H20FN3O2S. The molecule has 1 aromatic carbocycles. The van der Waals surface area contributed by atoms with Crippen molar-refractivity contribution in [2.45, 2.75) is 31.3 Å². The Hall–Kier alpha value is -1.02. The molecule has 0 heterocycles. The molecule has 0 unspecified atom stereocenters. The maximum Gasteiger partial charge on any atom is 0.253 e. The minimum atomic E-state index is -3.76. The molecule has 0 spiro atoms. The molecule has 0 aliphatic heterocycles. The molecular weight excluding hydrogens is 269 g/mol. The lowest BCUT2D eigenvalue weighted by molar-refractivity contribution is 0.363. The number of halogens is 1. The second-order valence-electron chi connectivity index (χ2n) is 4.78. The fraction of sp³-hybridized carbons (Fsp3) is 0.500. The first kappa shape index (κ1) is 16.0. The fourth-order valence-corrected chi connectivity index (χ4v) is 2.86. The van der Waals surface area contributed by atoms with Crippen LogP contribution in [-0.4, -0.2) is 33.6 Å². The summed E-state index contributed by atoms with van der Waals surface area (Å²) in [5.41, 5.74) is 0.532. The standard InChI is InChI=1S/C12H20FN3O2S/c1-9(2)14-8-10-5-6-11(13)7-12(10)19(17,18)15-16(3)4/h5-7,9,14-15H,8H2,1-4H3. The van der Waals surface area contributed by atoms with Crippen LogP contribution in [-0.2, 0) is 16.6 Å². The molecule has 2 N–H and O–H groups in total. The highest BCUT2D eigenvalue weighted by Gasteiger charge is 2.20. The summed E-state index contributed by atoms with van der Waals surface area (Å²) in [6, 6.07) is 3.98. The molecule has 108 valence electrons. The van der Waals surface area contributed by atoms with E-state index in [9.17, 15) is 12.8 Å². The van der Waals surface area contributed by atoms with Crippen molar-refractivity contribution >= 4 is 10.0 Å². The van der Waals surface area contributed by atoms with Gasteiger partial charge in [0.05, 0.1) is 4.90 Å². The van der Waals surface area contributed by atoms with Gasteiger partial charge in [-0.15, -0.1) is 4.83 Å². The molecule has 1 aromatic rings. The van der Waals surface area contributed by atoms with Crippen LogP contribution in [0, 0.1) is 5.82 Å². The Morgan fingerprint density at radius 1 is 1.32 bits per heavy atom. The lowest BCUT2D eigenvalue weighted by Gasteiger charge is -2.16. The zero-order chi connectivity index (χ0) is 14.6. The summed E-state index contributed by atoms with van der Waals surface area (Å²) < 4.78 is 37.5. The van der Waals surface area contributed by atoms with Gasteiger partial charge in [0.15, 0.2) is 0 Å². The normalized spacial score (nSPS) is 12.4. The molecule has 7 heteroatoms. The lowest BCUT2D eigenvalue weighted by atomic mass is 10.2. The van der Waals surface area contributed by atoms with Crippen LogP contribution in [0.15, 0.2) is 23.1 Å². The minimum absolute atomic E-state index is 0.0469. The molecule has 0 saturated heterocycles. The highest BCUT2D eigenvalue weighted by molar-refractivity contribution is 7.89. The second-order valence-corrected chi connectivity index (χ2v) is 6.41. The molecule has 0 atom stereocenters. The molecule has 0 bridgehead atoms. The number of rotatable bonds is 6. The summed E-state index contributed by atoms with van der Waals surface area (Å²) >= 11 is 0. The first-order valence-corrected chi connectivity index (χ1v) is 7.42. The number of hydrogen-bond acceptors (Lipinski definition) is 4. The quantitative estimate of drug-likeness (QED) is 0.769. The van der Waals surface area contributed by atoms with Gasteiger partial charge in [-0.1, -0.05) is 19.9 Å². The van der Waals surface area contributed by atoms with Gasteiger partial charge in [-0.25, -0.2) is 17.8 Å². The molecule has 0 fully saturated rings. The van der Waals surface area contributed by atoms with E-state index in [-0.39, 0.29) is 10.9 Å². The van der Waals surface area contributed by atoms with Gasteiger partial charge in [0.25, 0.3) is 10.0 Å². The Bertz CT molecular complexity index is 530. The van der Waals surface area contributed by atoms with Crippen molar-refractivity contribution in [1.82, 2.24) is 15.2 Å². The molecule has 0 amide bonds. The monoisotopic (exact) mass is 289 g/mol. The first-order valence-electron chi connectivity index (χ1n) is 5.94. The van der Waals surface area contributed by atoms with Crippen LogP contribution < -0.4 is 10.1 Å².